The van der Waals surface area contributed by atoms with Gasteiger partial charge in [0.25, 0.3) is 0 Å². The lowest BCUT2D eigenvalue weighted by molar-refractivity contribution is -0.137. The Hall–Kier alpha value is -1.57. The summed E-state index contributed by atoms with van der Waals surface area (Å²) in [5.41, 5.74) is 3.69. The van der Waals surface area contributed by atoms with Gasteiger partial charge in [0.2, 0.25) is 0 Å². The van der Waals surface area contributed by atoms with Crippen LogP contribution < -0.4 is 0 Å². The molecule has 1 aromatic carbocycles. The van der Waals surface area contributed by atoms with E-state index in [9.17, 15) is 4.79 Å². The molecule has 0 fully saturated rings. The van der Waals surface area contributed by atoms with Gasteiger partial charge >= 0.3 is 5.97 Å². The van der Waals surface area contributed by atoms with Crippen molar-refractivity contribution < 1.29 is 9.53 Å². The van der Waals surface area contributed by atoms with Crippen molar-refractivity contribution in [2.45, 2.75) is 33.1 Å². The molecule has 0 aromatic heterocycles. The van der Waals surface area contributed by atoms with Gasteiger partial charge in [-0.3, -0.25) is 0 Å². The van der Waals surface area contributed by atoms with Crippen molar-refractivity contribution in [3.8, 4) is 0 Å². The van der Waals surface area contributed by atoms with Gasteiger partial charge in [-0.05, 0) is 41.9 Å². The molecule has 0 N–H and O–H groups in total. The third-order valence-electron chi connectivity index (χ3n) is 3.53. The van der Waals surface area contributed by atoms with E-state index in [4.69, 9.17) is 4.74 Å². The van der Waals surface area contributed by atoms with Crippen LogP contribution >= 0.6 is 0 Å². The molecule has 2 rings (SSSR count). The summed E-state index contributed by atoms with van der Waals surface area (Å²) in [6, 6.07) is 8.37. The van der Waals surface area contributed by atoms with Crippen molar-refractivity contribution in [1.29, 1.82) is 0 Å². The second kappa shape index (κ2) is 5.38. The first-order chi connectivity index (χ1) is 8.63. The van der Waals surface area contributed by atoms with E-state index in [0.29, 0.717) is 18.4 Å². The van der Waals surface area contributed by atoms with Crippen molar-refractivity contribution >= 4 is 11.5 Å². The molecule has 1 aliphatic carbocycles. The molecule has 2 nitrogen and oxygen atoms in total. The fraction of sp³-hybridized carbons (Fsp3) is 0.438. The second-order valence-corrected chi connectivity index (χ2v) is 5.06. The lowest BCUT2D eigenvalue weighted by Gasteiger charge is -2.14. The third-order valence-corrected chi connectivity index (χ3v) is 3.53. The molecular weight excluding hydrogens is 224 g/mol. The average molecular weight is 244 g/mol. The van der Waals surface area contributed by atoms with E-state index in [2.05, 4.69) is 32.0 Å². The van der Waals surface area contributed by atoms with Crippen LogP contribution in [0.3, 0.4) is 0 Å². The first kappa shape index (κ1) is 12.9. The van der Waals surface area contributed by atoms with Crippen LogP contribution in [0.15, 0.2) is 30.3 Å². The zero-order valence-corrected chi connectivity index (χ0v) is 11.3. The van der Waals surface area contributed by atoms with Crippen LogP contribution in [-0.2, 0) is 9.53 Å². The normalized spacial score (nSPS) is 20.2. The zero-order chi connectivity index (χ0) is 13.1. The number of ether oxygens (including phenoxy) is 1. The van der Waals surface area contributed by atoms with Crippen LogP contribution in [0, 0.1) is 5.92 Å². The van der Waals surface area contributed by atoms with E-state index in [0.717, 1.165) is 12.0 Å². The van der Waals surface area contributed by atoms with Crippen LogP contribution in [0.25, 0.3) is 5.57 Å². The Morgan fingerprint density at radius 2 is 2.17 bits per heavy atom. The molecule has 0 heterocycles. The Morgan fingerprint density at radius 1 is 1.44 bits per heavy atom. The number of esters is 1. The van der Waals surface area contributed by atoms with Gasteiger partial charge in [0.15, 0.2) is 0 Å². The highest BCUT2D eigenvalue weighted by Gasteiger charge is 2.28. The summed E-state index contributed by atoms with van der Waals surface area (Å²) < 4.78 is 5.00. The molecule has 1 aliphatic rings. The molecular formula is C16H20O2. The number of carbonyl (C=O) groups excluding carboxylic acids is 1. The summed E-state index contributed by atoms with van der Waals surface area (Å²) in [5, 5.41) is 0. The summed E-state index contributed by atoms with van der Waals surface area (Å²) in [6.07, 6.45) is 2.60. The van der Waals surface area contributed by atoms with Crippen molar-refractivity contribution in [2.75, 3.05) is 6.61 Å². The van der Waals surface area contributed by atoms with E-state index in [1.807, 2.05) is 13.0 Å². The number of hydrogen-bond donors (Lipinski definition) is 0. The predicted molar refractivity (Wildman–Crippen MR) is 73.2 cm³/mol. The Morgan fingerprint density at radius 3 is 2.83 bits per heavy atom. The van der Waals surface area contributed by atoms with E-state index in [1.54, 1.807) is 6.08 Å². The molecule has 0 spiro atoms. The molecule has 0 saturated carbocycles. The maximum atomic E-state index is 11.6. The molecule has 0 amide bonds. The van der Waals surface area contributed by atoms with Crippen molar-refractivity contribution in [2.24, 2.45) is 5.92 Å². The van der Waals surface area contributed by atoms with Crippen molar-refractivity contribution in [3.05, 3.63) is 41.5 Å². The van der Waals surface area contributed by atoms with Gasteiger partial charge in [0, 0.05) is 6.08 Å². The fourth-order valence-electron chi connectivity index (χ4n) is 2.63. The highest BCUT2D eigenvalue weighted by atomic mass is 16.5. The standard InChI is InChI=1S/C16H20O2/c1-4-18-16(17)10-12-9-15(11(2)3)14-8-6-5-7-13(12)14/h5-8,10-11,15H,4,9H2,1-3H3. The van der Waals surface area contributed by atoms with Crippen LogP contribution in [0.4, 0.5) is 0 Å². The Kier molecular flexibility index (Phi) is 3.85. The fourth-order valence-corrected chi connectivity index (χ4v) is 2.63. The van der Waals surface area contributed by atoms with Gasteiger partial charge in [-0.25, -0.2) is 4.79 Å². The summed E-state index contributed by atoms with van der Waals surface area (Å²) in [5.74, 6) is 0.868. The molecule has 0 aliphatic heterocycles. The second-order valence-electron chi connectivity index (χ2n) is 5.06. The Bertz CT molecular complexity index is 472. The van der Waals surface area contributed by atoms with Gasteiger partial charge in [-0.1, -0.05) is 38.1 Å². The number of carbonyl (C=O) groups is 1. The molecule has 96 valence electrons. The van der Waals surface area contributed by atoms with E-state index in [1.165, 1.54) is 11.1 Å². The average Bonchev–Trinajstić information content (AvgIpc) is 2.69. The lowest BCUT2D eigenvalue weighted by atomic mass is 9.90. The maximum absolute atomic E-state index is 11.6. The van der Waals surface area contributed by atoms with Crippen molar-refractivity contribution in [3.63, 3.8) is 0 Å². The van der Waals surface area contributed by atoms with Gasteiger partial charge in [0.05, 0.1) is 6.61 Å². The minimum absolute atomic E-state index is 0.230. The molecule has 1 aromatic rings. The molecule has 0 saturated heterocycles. The van der Waals surface area contributed by atoms with Gasteiger partial charge in [-0.15, -0.1) is 0 Å². The minimum Gasteiger partial charge on any atom is -0.463 e. The first-order valence-corrected chi connectivity index (χ1v) is 6.60. The summed E-state index contributed by atoms with van der Waals surface area (Å²) in [4.78, 5) is 11.6. The van der Waals surface area contributed by atoms with E-state index >= 15 is 0 Å². The highest BCUT2D eigenvalue weighted by Crippen LogP contribution is 2.44. The summed E-state index contributed by atoms with van der Waals surface area (Å²) in [6.45, 7) is 6.72. The van der Waals surface area contributed by atoms with Gasteiger partial charge in [-0.2, -0.15) is 0 Å². The number of fused-ring (bicyclic) bond motifs is 1. The number of allylic oxidation sites excluding steroid dienone is 1. The molecule has 18 heavy (non-hydrogen) atoms. The Labute approximate surface area is 109 Å². The number of hydrogen-bond acceptors (Lipinski definition) is 2. The van der Waals surface area contributed by atoms with Crippen LogP contribution in [-0.4, -0.2) is 12.6 Å². The van der Waals surface area contributed by atoms with Crippen molar-refractivity contribution in [1.82, 2.24) is 0 Å². The largest absolute Gasteiger partial charge is 0.463 e. The molecule has 0 radical (unpaired) electrons. The zero-order valence-electron chi connectivity index (χ0n) is 11.3. The number of benzene rings is 1. The minimum atomic E-state index is -0.230. The number of rotatable bonds is 3. The maximum Gasteiger partial charge on any atom is 0.331 e. The summed E-state index contributed by atoms with van der Waals surface area (Å²) >= 11 is 0. The molecule has 1 unspecified atom stereocenters. The molecule has 0 bridgehead atoms. The smallest absolute Gasteiger partial charge is 0.331 e. The van der Waals surface area contributed by atoms with Crippen LogP contribution in [0.1, 0.15) is 44.2 Å². The molecule has 2 heteroatoms. The predicted octanol–water partition coefficient (Wildman–Crippen LogP) is 3.78. The lowest BCUT2D eigenvalue weighted by Crippen LogP contribution is -2.02. The SMILES string of the molecule is CCOC(=O)C=C1CC(C(C)C)c2ccccc21. The first-order valence-electron chi connectivity index (χ1n) is 6.60. The molecule has 1 atom stereocenters. The Balaban J connectivity index is 2.34. The highest BCUT2D eigenvalue weighted by molar-refractivity contribution is 5.93. The van der Waals surface area contributed by atoms with Crippen LogP contribution in [0.2, 0.25) is 0 Å². The third kappa shape index (κ3) is 2.47. The van der Waals surface area contributed by atoms with E-state index < -0.39 is 0 Å². The quantitative estimate of drug-likeness (QED) is 0.597. The monoisotopic (exact) mass is 244 g/mol. The summed E-state index contributed by atoms with van der Waals surface area (Å²) in [7, 11) is 0. The van der Waals surface area contributed by atoms with Gasteiger partial charge in [0.1, 0.15) is 0 Å². The van der Waals surface area contributed by atoms with Crippen LogP contribution in [0.5, 0.6) is 0 Å². The topological polar surface area (TPSA) is 26.3 Å². The van der Waals surface area contributed by atoms with E-state index in [-0.39, 0.29) is 5.97 Å². The van der Waals surface area contributed by atoms with Gasteiger partial charge < -0.3 is 4.74 Å².